The van der Waals surface area contributed by atoms with Crippen molar-refractivity contribution < 1.29 is 22.7 Å². The van der Waals surface area contributed by atoms with Gasteiger partial charge in [0.25, 0.3) is 5.91 Å². The molecule has 2 bridgehead atoms. The molecule has 1 saturated carbocycles. The summed E-state index contributed by atoms with van der Waals surface area (Å²) in [7, 11) is -3.90. The summed E-state index contributed by atoms with van der Waals surface area (Å²) < 4.78 is 41.9. The van der Waals surface area contributed by atoms with Gasteiger partial charge in [-0.3, -0.25) is 4.79 Å². The number of ether oxygens (including phenoxy) is 2. The second-order valence-corrected chi connectivity index (χ2v) is 16.4. The molecule has 2 aliphatic carbocycles. The van der Waals surface area contributed by atoms with Crippen molar-refractivity contribution in [3.05, 3.63) is 70.3 Å². The van der Waals surface area contributed by atoms with E-state index in [4.69, 9.17) is 21.1 Å². The van der Waals surface area contributed by atoms with E-state index in [0.29, 0.717) is 42.8 Å². The zero-order valence-corrected chi connectivity index (χ0v) is 28.6. The molecular formula is C34H42BrClN2O5S. The van der Waals surface area contributed by atoms with Crippen LogP contribution in [0.25, 0.3) is 0 Å². The van der Waals surface area contributed by atoms with E-state index in [-0.39, 0.29) is 17.4 Å². The lowest BCUT2D eigenvalue weighted by Gasteiger charge is -2.46. The molecule has 6 atom stereocenters. The minimum absolute atomic E-state index is 0.0430. The number of carbonyl (C=O) groups excluding carboxylic acids is 1. The third-order valence-corrected chi connectivity index (χ3v) is 12.9. The number of carbonyl (C=O) groups is 1. The molecule has 10 heteroatoms. The van der Waals surface area contributed by atoms with Crippen LogP contribution in [-0.4, -0.2) is 57.3 Å². The van der Waals surface area contributed by atoms with Crippen LogP contribution in [0.5, 0.6) is 5.75 Å². The summed E-state index contributed by atoms with van der Waals surface area (Å²) in [6, 6.07) is 11.5. The van der Waals surface area contributed by atoms with Gasteiger partial charge < -0.3 is 14.4 Å². The number of fused-ring (bicyclic) bond motifs is 4. The molecule has 0 aromatic heterocycles. The smallest absolute Gasteiger partial charge is 0.264 e. The molecule has 0 radical (unpaired) electrons. The van der Waals surface area contributed by atoms with Crippen LogP contribution in [0.3, 0.4) is 0 Å². The lowest BCUT2D eigenvalue weighted by Crippen LogP contribution is -2.49. The van der Waals surface area contributed by atoms with E-state index in [0.717, 1.165) is 61.2 Å². The van der Waals surface area contributed by atoms with Crippen LogP contribution in [0.4, 0.5) is 5.69 Å². The van der Waals surface area contributed by atoms with E-state index >= 15 is 0 Å². The molecule has 238 valence electrons. The fourth-order valence-corrected chi connectivity index (χ4v) is 9.17. The van der Waals surface area contributed by atoms with Crippen LogP contribution in [0.15, 0.2) is 48.6 Å². The monoisotopic (exact) mass is 704 g/mol. The number of allylic oxidation sites excluding steroid dienone is 1. The molecule has 2 heterocycles. The van der Waals surface area contributed by atoms with Crippen molar-refractivity contribution >= 4 is 49.1 Å². The van der Waals surface area contributed by atoms with Crippen molar-refractivity contribution in [3.8, 4) is 5.75 Å². The Morgan fingerprint density at radius 1 is 1.18 bits per heavy atom. The third kappa shape index (κ3) is 6.31. The highest BCUT2D eigenvalue weighted by molar-refractivity contribution is 9.09. The maximum absolute atomic E-state index is 13.4. The van der Waals surface area contributed by atoms with Crippen molar-refractivity contribution in [1.82, 2.24) is 4.72 Å². The van der Waals surface area contributed by atoms with Crippen LogP contribution >= 0.6 is 27.5 Å². The van der Waals surface area contributed by atoms with Gasteiger partial charge in [0.15, 0.2) is 0 Å². The summed E-state index contributed by atoms with van der Waals surface area (Å²) in [6.07, 6.45) is 9.94. The Morgan fingerprint density at radius 2 is 2.02 bits per heavy atom. The number of alkyl halides is 1. The third-order valence-electron chi connectivity index (χ3n) is 10.4. The number of hydrogen-bond donors (Lipinski definition) is 1. The van der Waals surface area contributed by atoms with Gasteiger partial charge in [0, 0.05) is 34.4 Å². The van der Waals surface area contributed by atoms with Gasteiger partial charge in [-0.1, -0.05) is 52.7 Å². The lowest BCUT2D eigenvalue weighted by molar-refractivity contribution is -0.00729. The molecular weight excluding hydrogens is 664 g/mol. The van der Waals surface area contributed by atoms with Crippen molar-refractivity contribution in [2.45, 2.75) is 69.1 Å². The second kappa shape index (κ2) is 13.0. The predicted octanol–water partition coefficient (Wildman–Crippen LogP) is 6.66. The number of nitrogens with zero attached hydrogens (tertiary/aromatic N) is 1. The van der Waals surface area contributed by atoms with E-state index in [1.54, 1.807) is 13.0 Å². The van der Waals surface area contributed by atoms with Gasteiger partial charge in [0.1, 0.15) is 5.75 Å². The fourth-order valence-electron chi connectivity index (χ4n) is 7.50. The van der Waals surface area contributed by atoms with Gasteiger partial charge in [-0.25, -0.2) is 13.1 Å². The summed E-state index contributed by atoms with van der Waals surface area (Å²) in [5, 5.41) is 0.756. The SMILES string of the molecule is C[C@@H]1[C@@H](C)C/C=C/[C@H](OCCBr)[C@@H]2CC[C@H]2CN2C[C@@]3(CCCc4cc(Cl)ccc43)COc3ccc(cc32)C(=O)NS1(=O)=O. The van der Waals surface area contributed by atoms with Gasteiger partial charge in [-0.2, -0.15) is 0 Å². The largest absolute Gasteiger partial charge is 0.490 e. The van der Waals surface area contributed by atoms with E-state index in [1.807, 2.05) is 25.1 Å². The molecule has 4 aliphatic rings. The van der Waals surface area contributed by atoms with Crippen LogP contribution in [0.2, 0.25) is 5.02 Å². The Labute approximate surface area is 274 Å². The van der Waals surface area contributed by atoms with Crippen molar-refractivity contribution in [3.63, 3.8) is 0 Å². The molecule has 7 nitrogen and oxygen atoms in total. The first-order valence-corrected chi connectivity index (χ1v) is 18.9. The molecule has 1 amide bonds. The Kier molecular flexibility index (Phi) is 9.40. The zero-order chi connectivity index (χ0) is 31.1. The van der Waals surface area contributed by atoms with E-state index < -0.39 is 21.2 Å². The van der Waals surface area contributed by atoms with Crippen molar-refractivity contribution in [1.29, 1.82) is 0 Å². The number of benzene rings is 2. The highest BCUT2D eigenvalue weighted by Gasteiger charge is 2.44. The molecule has 2 aliphatic heterocycles. The molecule has 44 heavy (non-hydrogen) atoms. The lowest BCUT2D eigenvalue weighted by atomic mass is 9.68. The average Bonchev–Trinajstić information content (AvgIpc) is 3.13. The Bertz CT molecular complexity index is 1530. The van der Waals surface area contributed by atoms with Crippen molar-refractivity contribution in [2.24, 2.45) is 17.8 Å². The molecule has 0 saturated heterocycles. The van der Waals surface area contributed by atoms with Gasteiger partial charge in [0.05, 0.1) is 30.3 Å². The highest BCUT2D eigenvalue weighted by Crippen LogP contribution is 2.47. The summed E-state index contributed by atoms with van der Waals surface area (Å²) in [4.78, 5) is 15.8. The minimum atomic E-state index is -3.90. The standard InChI is InChI=1S/C34H42BrClN2O5S/c1-22-5-3-7-31(42-16-15-35)28-11-8-26(28)19-38-20-34(14-4-6-24-17-27(36)10-12-29(24)34)21-43-32-13-9-25(18-30(32)38)33(39)37-44(40,41)23(22)2/h3,7,9-10,12-13,17-18,22-23,26,28,31H,4-6,8,11,14-16,19-21H2,1-2H3,(H,37,39)/b7-3+/t22-,23+,26-,28+,31-,34-/m0/s1. The highest BCUT2D eigenvalue weighted by atomic mass is 79.9. The van der Waals surface area contributed by atoms with Crippen LogP contribution < -0.4 is 14.4 Å². The summed E-state index contributed by atoms with van der Waals surface area (Å²) >= 11 is 9.94. The average molecular weight is 706 g/mol. The molecule has 1 fully saturated rings. The number of amides is 1. The van der Waals surface area contributed by atoms with Gasteiger partial charge in [-0.15, -0.1) is 0 Å². The maximum atomic E-state index is 13.4. The zero-order valence-electron chi connectivity index (χ0n) is 25.4. The normalized spacial score (nSPS) is 32.3. The first kappa shape index (κ1) is 31.9. The topological polar surface area (TPSA) is 84.9 Å². The van der Waals surface area contributed by atoms with E-state index in [9.17, 15) is 13.2 Å². The van der Waals surface area contributed by atoms with Crippen LogP contribution in [0, 0.1) is 17.8 Å². The van der Waals surface area contributed by atoms with Gasteiger partial charge in [-0.05, 0) is 105 Å². The number of rotatable bonds is 3. The Hall–Kier alpha value is -2.07. The number of anilines is 1. The summed E-state index contributed by atoms with van der Waals surface area (Å²) in [5.74, 6) is 0.670. The number of halogens is 2. The summed E-state index contributed by atoms with van der Waals surface area (Å²) in [6.45, 7) is 6.24. The number of nitrogens with one attached hydrogen (secondary N) is 1. The number of aryl methyl sites for hydroxylation is 1. The maximum Gasteiger partial charge on any atom is 0.264 e. The first-order valence-electron chi connectivity index (χ1n) is 15.8. The number of hydrogen-bond acceptors (Lipinski definition) is 6. The molecule has 1 spiro atoms. The summed E-state index contributed by atoms with van der Waals surface area (Å²) in [5.41, 5.74) is 3.47. The molecule has 1 N–H and O–H groups in total. The molecule has 0 unspecified atom stereocenters. The van der Waals surface area contributed by atoms with Crippen LogP contribution in [-0.2, 0) is 26.6 Å². The first-order chi connectivity index (χ1) is 21.1. The van der Waals surface area contributed by atoms with Gasteiger partial charge >= 0.3 is 0 Å². The fraction of sp³-hybridized carbons (Fsp3) is 0.559. The number of sulfonamides is 1. The molecule has 2 aromatic carbocycles. The second-order valence-electron chi connectivity index (χ2n) is 13.1. The minimum Gasteiger partial charge on any atom is -0.490 e. The van der Waals surface area contributed by atoms with E-state index in [2.05, 4.69) is 49.8 Å². The Balaban J connectivity index is 1.42. The Morgan fingerprint density at radius 3 is 2.80 bits per heavy atom. The predicted molar refractivity (Wildman–Crippen MR) is 179 cm³/mol. The van der Waals surface area contributed by atoms with Crippen molar-refractivity contribution in [2.75, 3.05) is 36.5 Å². The van der Waals surface area contributed by atoms with Gasteiger partial charge in [0.2, 0.25) is 10.0 Å². The van der Waals surface area contributed by atoms with Crippen LogP contribution in [0.1, 0.15) is 67.4 Å². The molecule has 6 rings (SSSR count). The molecule has 2 aromatic rings. The van der Waals surface area contributed by atoms with E-state index in [1.165, 1.54) is 11.1 Å². The quantitative estimate of drug-likeness (QED) is 0.284.